The second-order valence-corrected chi connectivity index (χ2v) is 8.68. The monoisotopic (exact) mass is 454 g/mol. The van der Waals surface area contributed by atoms with Gasteiger partial charge in [0.2, 0.25) is 16.4 Å². The van der Waals surface area contributed by atoms with E-state index in [-0.39, 0.29) is 17.1 Å². The minimum Gasteiger partial charge on any atom is -0.489 e. The summed E-state index contributed by atoms with van der Waals surface area (Å²) < 4.78 is 45.5. The molecule has 0 aliphatic carbocycles. The number of rotatable bonds is 6. The molecule has 1 aliphatic rings. The van der Waals surface area contributed by atoms with Gasteiger partial charge in [-0.25, -0.2) is 18.3 Å². The van der Waals surface area contributed by atoms with E-state index in [1.165, 1.54) is 17.6 Å². The topological polar surface area (TPSA) is 95.9 Å². The van der Waals surface area contributed by atoms with Gasteiger partial charge < -0.3 is 4.74 Å². The van der Waals surface area contributed by atoms with Gasteiger partial charge in [0.25, 0.3) is 0 Å². The minimum absolute atomic E-state index is 0.181. The SMILES string of the molecule is CC.CC1CCCN(S(=O)(=O)c2ccc(OCc3ccc(F)cc3)cc2)C1.O=CNO. The van der Waals surface area contributed by atoms with E-state index >= 15 is 0 Å². The summed E-state index contributed by atoms with van der Waals surface area (Å²) in [5.74, 6) is 0.683. The maximum Gasteiger partial charge on any atom is 0.243 e. The van der Waals surface area contributed by atoms with E-state index in [9.17, 15) is 12.8 Å². The highest BCUT2D eigenvalue weighted by atomic mass is 32.2. The molecule has 1 amide bonds. The minimum atomic E-state index is -3.45. The number of sulfonamides is 1. The highest BCUT2D eigenvalue weighted by molar-refractivity contribution is 7.89. The fourth-order valence-corrected chi connectivity index (χ4v) is 4.57. The Kier molecular flexibility index (Phi) is 11.8. The van der Waals surface area contributed by atoms with Gasteiger partial charge in [0.05, 0.1) is 4.90 Å². The molecule has 1 atom stereocenters. The zero-order valence-corrected chi connectivity index (χ0v) is 18.9. The van der Waals surface area contributed by atoms with Gasteiger partial charge in [-0.15, -0.1) is 0 Å². The fourth-order valence-electron chi connectivity index (χ4n) is 2.97. The molecule has 0 bridgehead atoms. The van der Waals surface area contributed by atoms with E-state index in [0.717, 1.165) is 18.4 Å². The van der Waals surface area contributed by atoms with Gasteiger partial charge in [-0.2, -0.15) is 4.31 Å². The molecule has 1 saturated heterocycles. The first-order valence-electron chi connectivity index (χ1n) is 10.2. The van der Waals surface area contributed by atoms with Gasteiger partial charge in [-0.3, -0.25) is 10.0 Å². The van der Waals surface area contributed by atoms with Crippen LogP contribution in [0.15, 0.2) is 53.4 Å². The van der Waals surface area contributed by atoms with Crippen molar-refractivity contribution < 1.29 is 27.5 Å². The van der Waals surface area contributed by atoms with E-state index < -0.39 is 10.0 Å². The number of piperidine rings is 1. The van der Waals surface area contributed by atoms with Gasteiger partial charge in [-0.1, -0.05) is 32.9 Å². The van der Waals surface area contributed by atoms with Crippen molar-refractivity contribution >= 4 is 16.4 Å². The van der Waals surface area contributed by atoms with Crippen LogP contribution in [0.1, 0.15) is 39.2 Å². The van der Waals surface area contributed by atoms with Crippen LogP contribution < -0.4 is 10.2 Å². The third kappa shape index (κ3) is 8.64. The Morgan fingerprint density at radius 1 is 1.16 bits per heavy atom. The number of hydrogen-bond donors (Lipinski definition) is 2. The Morgan fingerprint density at radius 3 is 2.26 bits per heavy atom. The lowest BCUT2D eigenvalue weighted by Gasteiger charge is -2.30. The molecule has 1 heterocycles. The van der Waals surface area contributed by atoms with Gasteiger partial charge in [0.15, 0.2) is 0 Å². The summed E-state index contributed by atoms with van der Waals surface area (Å²) >= 11 is 0. The second-order valence-electron chi connectivity index (χ2n) is 6.74. The first kappa shape index (κ1) is 26.5. The second kappa shape index (κ2) is 13.7. The molecule has 3 rings (SSSR count). The number of nitrogens with one attached hydrogen (secondary N) is 1. The molecule has 0 aromatic heterocycles. The van der Waals surface area contributed by atoms with Crippen LogP contribution in [0.3, 0.4) is 0 Å². The normalized spacial score (nSPS) is 16.1. The molecular weight excluding hydrogens is 423 g/mol. The first-order valence-corrected chi connectivity index (χ1v) is 11.6. The smallest absolute Gasteiger partial charge is 0.243 e. The molecule has 7 nitrogen and oxygen atoms in total. The summed E-state index contributed by atoms with van der Waals surface area (Å²) in [6.45, 7) is 7.53. The number of hydrogen-bond acceptors (Lipinski definition) is 5. The molecule has 2 aromatic rings. The van der Waals surface area contributed by atoms with Gasteiger partial charge in [-0.05, 0) is 60.7 Å². The predicted molar refractivity (Wildman–Crippen MR) is 117 cm³/mol. The molecule has 1 aliphatic heterocycles. The van der Waals surface area contributed by atoms with Crippen LogP contribution in [0.4, 0.5) is 4.39 Å². The highest BCUT2D eigenvalue weighted by Crippen LogP contribution is 2.25. The first-order chi connectivity index (χ1) is 14.9. The van der Waals surface area contributed by atoms with Crippen LogP contribution in [-0.2, 0) is 21.4 Å². The van der Waals surface area contributed by atoms with Crippen LogP contribution >= 0.6 is 0 Å². The van der Waals surface area contributed by atoms with Crippen molar-refractivity contribution in [2.24, 2.45) is 5.92 Å². The van der Waals surface area contributed by atoms with Crippen molar-refractivity contribution in [1.29, 1.82) is 0 Å². The Morgan fingerprint density at radius 2 is 1.74 bits per heavy atom. The number of halogens is 1. The zero-order chi connectivity index (χ0) is 23.3. The number of nitrogens with zero attached hydrogens (tertiary/aromatic N) is 1. The number of carbonyl (C=O) groups excluding carboxylic acids is 1. The van der Waals surface area contributed by atoms with Gasteiger partial charge in [0, 0.05) is 13.1 Å². The standard InChI is InChI=1S/C19H22FNO3S.C2H6.CH3NO2/c1-15-3-2-12-21(13-15)25(22,23)19-10-8-18(9-11-19)24-14-16-4-6-17(20)7-5-16;1-2;3-1-2-4/h4-11,15H,2-3,12-14H2,1H3;1-2H3;1,4H,(H,2,3). The van der Waals surface area contributed by atoms with Crippen LogP contribution in [0, 0.1) is 11.7 Å². The predicted octanol–water partition coefficient (Wildman–Crippen LogP) is 3.97. The summed E-state index contributed by atoms with van der Waals surface area (Å²) in [5, 5.41) is 7.26. The Hall–Kier alpha value is -2.49. The summed E-state index contributed by atoms with van der Waals surface area (Å²) in [6.07, 6.45) is 2.15. The molecule has 172 valence electrons. The van der Waals surface area contributed by atoms with Crippen LogP contribution in [0.5, 0.6) is 5.75 Å². The maximum absolute atomic E-state index is 12.9. The highest BCUT2D eigenvalue weighted by Gasteiger charge is 2.28. The summed E-state index contributed by atoms with van der Waals surface area (Å²) in [4.78, 5) is 9.10. The molecule has 0 radical (unpaired) electrons. The van der Waals surface area contributed by atoms with Crippen molar-refractivity contribution in [3.05, 3.63) is 59.9 Å². The third-order valence-electron chi connectivity index (χ3n) is 4.45. The van der Waals surface area contributed by atoms with E-state index in [2.05, 4.69) is 6.92 Å². The quantitative estimate of drug-likeness (QED) is 0.391. The lowest BCUT2D eigenvalue weighted by atomic mass is 10.0. The Labute approximate surface area is 183 Å². The molecule has 31 heavy (non-hydrogen) atoms. The summed E-state index contributed by atoms with van der Waals surface area (Å²) in [7, 11) is -3.45. The molecule has 1 fully saturated rings. The molecule has 2 N–H and O–H groups in total. The Balaban J connectivity index is 0.000000720. The average molecular weight is 455 g/mol. The molecule has 2 aromatic carbocycles. The van der Waals surface area contributed by atoms with E-state index in [4.69, 9.17) is 14.7 Å². The fraction of sp³-hybridized carbons (Fsp3) is 0.409. The summed E-state index contributed by atoms with van der Waals surface area (Å²) in [5.41, 5.74) is 2.10. The number of amides is 1. The molecule has 0 spiro atoms. The van der Waals surface area contributed by atoms with Gasteiger partial charge in [0.1, 0.15) is 18.2 Å². The Bertz CT molecular complexity index is 874. The maximum atomic E-state index is 12.9. The largest absolute Gasteiger partial charge is 0.489 e. The van der Waals surface area contributed by atoms with E-state index in [0.29, 0.717) is 31.4 Å². The zero-order valence-electron chi connectivity index (χ0n) is 18.1. The van der Waals surface area contributed by atoms with Gasteiger partial charge >= 0.3 is 0 Å². The van der Waals surface area contributed by atoms with Crippen LogP contribution in [0.2, 0.25) is 0 Å². The van der Waals surface area contributed by atoms with Crippen molar-refractivity contribution in [3.63, 3.8) is 0 Å². The third-order valence-corrected chi connectivity index (χ3v) is 6.33. The van der Waals surface area contributed by atoms with E-state index in [1.807, 2.05) is 13.8 Å². The van der Waals surface area contributed by atoms with Crippen molar-refractivity contribution in [1.82, 2.24) is 9.79 Å². The average Bonchev–Trinajstić information content (AvgIpc) is 2.80. The number of carbonyl (C=O) groups is 1. The number of ether oxygens (including phenoxy) is 1. The molecular formula is C22H31FN2O5S. The van der Waals surface area contributed by atoms with Crippen molar-refractivity contribution in [2.45, 2.75) is 45.1 Å². The molecule has 0 saturated carbocycles. The van der Waals surface area contributed by atoms with Crippen LogP contribution in [-0.4, -0.2) is 37.4 Å². The van der Waals surface area contributed by atoms with E-state index in [1.54, 1.807) is 40.7 Å². The number of hydroxylamine groups is 1. The molecule has 1 unspecified atom stereocenters. The lowest BCUT2D eigenvalue weighted by molar-refractivity contribution is -0.116. The summed E-state index contributed by atoms with van der Waals surface area (Å²) in [6, 6.07) is 12.6. The molecule has 9 heteroatoms. The van der Waals surface area contributed by atoms with Crippen LogP contribution in [0.25, 0.3) is 0 Å². The number of benzene rings is 2. The van der Waals surface area contributed by atoms with Crippen molar-refractivity contribution in [2.75, 3.05) is 13.1 Å². The lowest BCUT2D eigenvalue weighted by Crippen LogP contribution is -2.39. The van der Waals surface area contributed by atoms with Crippen molar-refractivity contribution in [3.8, 4) is 5.75 Å².